The Kier molecular flexibility index (Phi) is 6.74. The summed E-state index contributed by atoms with van der Waals surface area (Å²) in [6.07, 6.45) is 15.0. The zero-order chi connectivity index (χ0) is 20.8. The van der Waals surface area contributed by atoms with Gasteiger partial charge in [0.2, 0.25) is 0 Å². The van der Waals surface area contributed by atoms with Crippen LogP contribution in [0, 0.1) is 0 Å². The second-order valence-electron chi connectivity index (χ2n) is 7.22. The Morgan fingerprint density at radius 1 is 1.20 bits per heavy atom. The van der Waals surface area contributed by atoms with Crippen molar-refractivity contribution in [1.82, 2.24) is 19.7 Å². The molecule has 1 fully saturated rings. The van der Waals surface area contributed by atoms with Crippen LogP contribution in [0.2, 0.25) is 0 Å². The van der Waals surface area contributed by atoms with Crippen molar-refractivity contribution in [2.24, 2.45) is 9.98 Å². The SMILES string of the molecule is C=Nc1cc(-c2cnn(CCF)c2)ncc1SCC1=CC=C(N2CCCC2)N=CC1. The molecular weight excluding hydrogens is 399 g/mol. The van der Waals surface area contributed by atoms with Crippen LogP contribution in [0.5, 0.6) is 0 Å². The summed E-state index contributed by atoms with van der Waals surface area (Å²) < 4.78 is 14.1. The minimum atomic E-state index is -0.446. The Morgan fingerprint density at radius 3 is 2.87 bits per heavy atom. The van der Waals surface area contributed by atoms with Crippen molar-refractivity contribution in [3.05, 3.63) is 48.2 Å². The van der Waals surface area contributed by atoms with Crippen LogP contribution in [0.4, 0.5) is 10.1 Å². The first-order valence-corrected chi connectivity index (χ1v) is 11.1. The number of rotatable bonds is 8. The molecule has 6 nitrogen and oxygen atoms in total. The number of halogens is 1. The van der Waals surface area contributed by atoms with Crippen molar-refractivity contribution < 1.29 is 4.39 Å². The van der Waals surface area contributed by atoms with Crippen LogP contribution in [0.1, 0.15) is 19.3 Å². The number of hydrogen-bond acceptors (Lipinski definition) is 6. The molecule has 0 unspecified atom stereocenters. The largest absolute Gasteiger partial charge is 0.357 e. The fraction of sp³-hybridized carbons (Fsp3) is 0.364. The quantitative estimate of drug-likeness (QED) is 0.456. The van der Waals surface area contributed by atoms with Gasteiger partial charge >= 0.3 is 0 Å². The van der Waals surface area contributed by atoms with Gasteiger partial charge in [0, 0.05) is 49.4 Å². The molecule has 0 N–H and O–H groups in total. The first-order chi connectivity index (χ1) is 14.8. The number of pyridine rings is 1. The summed E-state index contributed by atoms with van der Waals surface area (Å²) in [6.45, 7) is 5.70. The number of aliphatic imine (C=N–C) groups is 2. The summed E-state index contributed by atoms with van der Waals surface area (Å²) in [5.74, 6) is 1.91. The molecule has 2 aromatic heterocycles. The van der Waals surface area contributed by atoms with Gasteiger partial charge in [-0.1, -0.05) is 11.6 Å². The number of nitrogens with zero attached hydrogens (tertiary/aromatic N) is 6. The topological polar surface area (TPSA) is 58.7 Å². The van der Waals surface area contributed by atoms with E-state index >= 15 is 0 Å². The van der Waals surface area contributed by atoms with Gasteiger partial charge in [-0.05, 0) is 31.7 Å². The predicted octanol–water partition coefficient (Wildman–Crippen LogP) is 4.68. The van der Waals surface area contributed by atoms with E-state index in [2.05, 4.69) is 43.8 Å². The maximum Gasteiger partial charge on any atom is 0.128 e. The van der Waals surface area contributed by atoms with Crippen LogP contribution in [-0.4, -0.2) is 58.1 Å². The molecule has 0 spiro atoms. The lowest BCUT2D eigenvalue weighted by atomic mass is 10.2. The molecule has 0 radical (unpaired) electrons. The molecule has 156 valence electrons. The maximum atomic E-state index is 12.5. The van der Waals surface area contributed by atoms with Crippen LogP contribution in [-0.2, 0) is 6.54 Å². The van der Waals surface area contributed by atoms with E-state index in [9.17, 15) is 4.39 Å². The van der Waals surface area contributed by atoms with E-state index in [1.54, 1.807) is 28.8 Å². The fourth-order valence-corrected chi connectivity index (χ4v) is 4.45. The number of thioether (sulfide) groups is 1. The number of likely N-dealkylation sites (tertiary alicyclic amines) is 1. The zero-order valence-electron chi connectivity index (χ0n) is 16.9. The second kappa shape index (κ2) is 9.84. The third kappa shape index (κ3) is 4.87. The smallest absolute Gasteiger partial charge is 0.128 e. The lowest BCUT2D eigenvalue weighted by Crippen LogP contribution is -2.16. The Bertz CT molecular complexity index is 987. The number of hydrogen-bond donors (Lipinski definition) is 0. The molecule has 0 aliphatic carbocycles. The average molecular weight is 425 g/mol. The molecule has 30 heavy (non-hydrogen) atoms. The Morgan fingerprint density at radius 2 is 2.07 bits per heavy atom. The third-order valence-electron chi connectivity index (χ3n) is 5.15. The van der Waals surface area contributed by atoms with E-state index in [0.29, 0.717) is 0 Å². The van der Waals surface area contributed by atoms with Crippen LogP contribution < -0.4 is 0 Å². The van der Waals surface area contributed by atoms with Crippen LogP contribution >= 0.6 is 11.8 Å². The molecule has 2 aliphatic heterocycles. The predicted molar refractivity (Wildman–Crippen MR) is 121 cm³/mol. The monoisotopic (exact) mass is 424 g/mol. The highest BCUT2D eigenvalue weighted by atomic mass is 32.2. The van der Waals surface area contributed by atoms with Gasteiger partial charge in [-0.25, -0.2) is 9.38 Å². The summed E-state index contributed by atoms with van der Waals surface area (Å²) in [5.41, 5.74) is 3.70. The van der Waals surface area contributed by atoms with E-state index in [-0.39, 0.29) is 6.54 Å². The van der Waals surface area contributed by atoms with Crippen molar-refractivity contribution in [2.45, 2.75) is 30.7 Å². The highest BCUT2D eigenvalue weighted by Crippen LogP contribution is 2.33. The lowest BCUT2D eigenvalue weighted by molar-refractivity contribution is 0.423. The minimum Gasteiger partial charge on any atom is -0.357 e. The van der Waals surface area contributed by atoms with Gasteiger partial charge < -0.3 is 4.90 Å². The van der Waals surface area contributed by atoms with Gasteiger partial charge in [0.25, 0.3) is 0 Å². The Hall–Kier alpha value is -2.74. The maximum absolute atomic E-state index is 12.5. The normalized spacial score (nSPS) is 16.4. The van der Waals surface area contributed by atoms with E-state index in [1.165, 1.54) is 18.4 Å². The van der Waals surface area contributed by atoms with E-state index in [4.69, 9.17) is 0 Å². The van der Waals surface area contributed by atoms with Crippen molar-refractivity contribution in [3.63, 3.8) is 0 Å². The molecule has 4 heterocycles. The van der Waals surface area contributed by atoms with Crippen molar-refractivity contribution >= 4 is 30.4 Å². The van der Waals surface area contributed by atoms with Crippen molar-refractivity contribution in [3.8, 4) is 11.3 Å². The van der Waals surface area contributed by atoms with Gasteiger partial charge in [-0.15, -0.1) is 11.8 Å². The molecular formula is C22H25FN6S. The summed E-state index contributed by atoms with van der Waals surface area (Å²) in [4.78, 5) is 16.7. The minimum absolute atomic E-state index is 0.243. The van der Waals surface area contributed by atoms with E-state index in [0.717, 1.165) is 52.9 Å². The molecule has 0 atom stereocenters. The molecule has 0 saturated carbocycles. The van der Waals surface area contributed by atoms with Gasteiger partial charge in [-0.3, -0.25) is 14.7 Å². The van der Waals surface area contributed by atoms with Crippen LogP contribution in [0.3, 0.4) is 0 Å². The molecule has 2 aliphatic rings. The molecule has 1 saturated heterocycles. The van der Waals surface area contributed by atoms with Crippen LogP contribution in [0.15, 0.2) is 63.1 Å². The van der Waals surface area contributed by atoms with Crippen molar-refractivity contribution in [1.29, 1.82) is 0 Å². The van der Waals surface area contributed by atoms with Gasteiger partial charge in [0.1, 0.15) is 12.5 Å². The lowest BCUT2D eigenvalue weighted by Gasteiger charge is -2.16. The Labute approximate surface area is 180 Å². The summed E-state index contributed by atoms with van der Waals surface area (Å²) in [5, 5.41) is 4.16. The van der Waals surface area contributed by atoms with Crippen molar-refractivity contribution in [2.75, 3.05) is 25.5 Å². The molecule has 0 bridgehead atoms. The third-order valence-corrected chi connectivity index (χ3v) is 6.29. The number of allylic oxidation sites excluding steroid dienone is 2. The molecule has 4 rings (SSSR count). The average Bonchev–Trinajstić information content (AvgIpc) is 3.41. The number of aryl methyl sites for hydroxylation is 1. The Balaban J connectivity index is 1.44. The van der Waals surface area contributed by atoms with Gasteiger partial charge in [0.05, 0.1) is 29.0 Å². The number of aromatic nitrogens is 3. The molecule has 0 aromatic carbocycles. The number of alkyl halides is 1. The summed E-state index contributed by atoms with van der Waals surface area (Å²) in [6, 6.07) is 1.90. The summed E-state index contributed by atoms with van der Waals surface area (Å²) >= 11 is 1.70. The highest BCUT2D eigenvalue weighted by Gasteiger charge is 2.15. The highest BCUT2D eigenvalue weighted by molar-refractivity contribution is 7.99. The molecule has 2 aromatic rings. The first-order valence-electron chi connectivity index (χ1n) is 10.1. The molecule has 0 amide bonds. The second-order valence-corrected chi connectivity index (χ2v) is 8.24. The summed E-state index contributed by atoms with van der Waals surface area (Å²) in [7, 11) is 0. The van der Waals surface area contributed by atoms with Gasteiger partial charge in [-0.2, -0.15) is 5.10 Å². The van der Waals surface area contributed by atoms with E-state index < -0.39 is 6.67 Å². The van der Waals surface area contributed by atoms with Crippen LogP contribution in [0.25, 0.3) is 11.3 Å². The zero-order valence-corrected chi connectivity index (χ0v) is 17.7. The fourth-order valence-electron chi connectivity index (χ4n) is 3.50. The van der Waals surface area contributed by atoms with E-state index in [1.807, 2.05) is 18.5 Å². The van der Waals surface area contributed by atoms with Gasteiger partial charge in [0.15, 0.2) is 0 Å². The standard InChI is InChI=1S/C22H25FN6S/c1-24-20-12-19(18-13-27-29(15-18)11-7-23)26-14-21(20)30-16-17-4-5-22(25-8-6-17)28-9-2-3-10-28/h4-5,8,12-15H,1-3,6-7,9-11,16H2. The molecule has 8 heteroatoms. The first kappa shape index (κ1) is 20.5.